The summed E-state index contributed by atoms with van der Waals surface area (Å²) in [5.74, 6) is 1.51. The number of imidazole rings is 1. The molecule has 4 rings (SSSR count). The van der Waals surface area contributed by atoms with Crippen LogP contribution in [0.3, 0.4) is 0 Å². The third-order valence-electron chi connectivity index (χ3n) is 5.00. The van der Waals surface area contributed by atoms with E-state index in [9.17, 15) is 4.79 Å². The number of hydrogen-bond acceptors (Lipinski definition) is 6. The van der Waals surface area contributed by atoms with Crippen molar-refractivity contribution in [2.75, 3.05) is 5.32 Å². The highest BCUT2D eigenvalue weighted by atomic mass is 32.2. The van der Waals surface area contributed by atoms with Crippen molar-refractivity contribution >= 4 is 34.4 Å². The standard InChI is InChI=1S/C23H25N5O2S/c1-13-7-14(2)9-17(8-13)24-21(29)5-6-22-27-20(28-30-22)12-31-23-25-18-10-15(3)16(4)11-19(18)26-23/h7-11H,5-6,12H2,1-4H3,(H,24,29)(H,25,26). The number of rotatable bonds is 7. The van der Waals surface area contributed by atoms with E-state index in [1.807, 2.05) is 26.0 Å². The molecule has 0 unspecified atom stereocenters. The van der Waals surface area contributed by atoms with Gasteiger partial charge in [-0.15, -0.1) is 0 Å². The number of amides is 1. The van der Waals surface area contributed by atoms with E-state index in [-0.39, 0.29) is 12.3 Å². The lowest BCUT2D eigenvalue weighted by molar-refractivity contribution is -0.116. The second-order valence-corrected chi connectivity index (χ2v) is 8.78. The molecule has 0 bridgehead atoms. The van der Waals surface area contributed by atoms with E-state index in [2.05, 4.69) is 57.5 Å². The summed E-state index contributed by atoms with van der Waals surface area (Å²) in [5.41, 5.74) is 7.47. The molecular formula is C23H25N5O2S. The Morgan fingerprint density at radius 3 is 2.55 bits per heavy atom. The number of benzene rings is 2. The van der Waals surface area contributed by atoms with Crippen molar-refractivity contribution in [3.63, 3.8) is 0 Å². The van der Waals surface area contributed by atoms with Crippen LogP contribution in [0, 0.1) is 27.7 Å². The third kappa shape index (κ3) is 5.32. The van der Waals surface area contributed by atoms with Crippen LogP contribution in [-0.4, -0.2) is 26.0 Å². The largest absolute Gasteiger partial charge is 0.339 e. The molecule has 7 nitrogen and oxygen atoms in total. The third-order valence-corrected chi connectivity index (χ3v) is 5.86. The highest BCUT2D eigenvalue weighted by Crippen LogP contribution is 2.24. The SMILES string of the molecule is Cc1cc(C)cc(NC(=O)CCc2nc(CSc3nc4cc(C)c(C)cc4[nH]3)no2)c1. The molecule has 0 radical (unpaired) electrons. The summed E-state index contributed by atoms with van der Waals surface area (Å²) in [4.78, 5) is 24.6. The average molecular weight is 436 g/mol. The van der Waals surface area contributed by atoms with Crippen LogP contribution in [0.25, 0.3) is 11.0 Å². The lowest BCUT2D eigenvalue weighted by Gasteiger charge is -2.06. The fraction of sp³-hybridized carbons (Fsp3) is 0.304. The first-order valence-electron chi connectivity index (χ1n) is 10.1. The van der Waals surface area contributed by atoms with Gasteiger partial charge in [-0.25, -0.2) is 4.98 Å². The van der Waals surface area contributed by atoms with E-state index in [0.29, 0.717) is 23.9 Å². The number of anilines is 1. The predicted molar refractivity (Wildman–Crippen MR) is 122 cm³/mol. The van der Waals surface area contributed by atoms with Gasteiger partial charge in [-0.05, 0) is 74.2 Å². The van der Waals surface area contributed by atoms with E-state index in [1.54, 1.807) is 0 Å². The van der Waals surface area contributed by atoms with Gasteiger partial charge in [0.05, 0.1) is 16.8 Å². The van der Waals surface area contributed by atoms with Gasteiger partial charge >= 0.3 is 0 Å². The molecular weight excluding hydrogens is 410 g/mol. The maximum atomic E-state index is 12.2. The summed E-state index contributed by atoms with van der Waals surface area (Å²) < 4.78 is 5.30. The fourth-order valence-corrected chi connectivity index (χ4v) is 4.12. The lowest BCUT2D eigenvalue weighted by atomic mass is 10.1. The van der Waals surface area contributed by atoms with E-state index >= 15 is 0 Å². The number of H-pyrrole nitrogens is 1. The molecule has 0 atom stereocenters. The van der Waals surface area contributed by atoms with Gasteiger partial charge in [0, 0.05) is 18.5 Å². The quantitative estimate of drug-likeness (QED) is 0.395. The molecule has 2 N–H and O–H groups in total. The lowest BCUT2D eigenvalue weighted by Crippen LogP contribution is -2.12. The maximum absolute atomic E-state index is 12.2. The average Bonchev–Trinajstić information content (AvgIpc) is 3.30. The summed E-state index contributed by atoms with van der Waals surface area (Å²) in [6.07, 6.45) is 0.682. The number of thioether (sulfide) groups is 1. The number of hydrogen-bond donors (Lipinski definition) is 2. The Morgan fingerprint density at radius 1 is 1.03 bits per heavy atom. The summed E-state index contributed by atoms with van der Waals surface area (Å²) >= 11 is 1.52. The zero-order valence-electron chi connectivity index (χ0n) is 18.1. The molecule has 2 aromatic carbocycles. The Morgan fingerprint density at radius 2 is 1.77 bits per heavy atom. The number of carbonyl (C=O) groups is 1. The van der Waals surface area contributed by atoms with Crippen LogP contribution in [-0.2, 0) is 17.0 Å². The van der Waals surface area contributed by atoms with Crippen molar-refractivity contribution in [2.24, 2.45) is 0 Å². The van der Waals surface area contributed by atoms with Crippen LogP contribution in [0.1, 0.15) is 40.4 Å². The Balaban J connectivity index is 1.29. The molecule has 0 fully saturated rings. The first-order chi connectivity index (χ1) is 14.9. The van der Waals surface area contributed by atoms with Crippen LogP contribution in [0.4, 0.5) is 5.69 Å². The van der Waals surface area contributed by atoms with Crippen molar-refractivity contribution in [2.45, 2.75) is 51.4 Å². The Hall–Kier alpha value is -3.13. The van der Waals surface area contributed by atoms with Crippen molar-refractivity contribution in [3.05, 3.63) is 64.3 Å². The van der Waals surface area contributed by atoms with Gasteiger partial charge in [0.15, 0.2) is 11.0 Å². The number of aryl methyl sites for hydroxylation is 5. The van der Waals surface area contributed by atoms with Gasteiger partial charge in [0.2, 0.25) is 11.8 Å². The molecule has 0 aliphatic rings. The van der Waals surface area contributed by atoms with Crippen LogP contribution < -0.4 is 5.32 Å². The Labute approximate surface area is 185 Å². The Bertz CT molecular complexity index is 1180. The number of nitrogens with zero attached hydrogens (tertiary/aromatic N) is 3. The van der Waals surface area contributed by atoms with Crippen molar-refractivity contribution in [3.8, 4) is 0 Å². The van der Waals surface area contributed by atoms with E-state index < -0.39 is 0 Å². The van der Waals surface area contributed by atoms with Gasteiger partial charge in [-0.3, -0.25) is 4.79 Å². The summed E-state index contributed by atoms with van der Waals surface area (Å²) in [6, 6.07) is 10.2. The molecule has 2 aromatic heterocycles. The predicted octanol–water partition coefficient (Wildman–Crippen LogP) is 5.04. The van der Waals surface area contributed by atoms with Crippen LogP contribution in [0.5, 0.6) is 0 Å². The second-order valence-electron chi connectivity index (χ2n) is 7.81. The molecule has 160 valence electrons. The summed E-state index contributed by atoms with van der Waals surface area (Å²) in [7, 11) is 0. The van der Waals surface area contributed by atoms with E-state index in [0.717, 1.165) is 33.0 Å². The smallest absolute Gasteiger partial charge is 0.227 e. The minimum atomic E-state index is -0.0769. The molecule has 0 aliphatic carbocycles. The summed E-state index contributed by atoms with van der Waals surface area (Å²) in [5, 5.41) is 7.76. The van der Waals surface area contributed by atoms with Crippen molar-refractivity contribution in [1.82, 2.24) is 20.1 Å². The minimum Gasteiger partial charge on any atom is -0.339 e. The minimum absolute atomic E-state index is 0.0769. The van der Waals surface area contributed by atoms with Crippen molar-refractivity contribution in [1.29, 1.82) is 0 Å². The molecule has 4 aromatic rings. The van der Waals surface area contributed by atoms with Gasteiger partial charge in [-0.2, -0.15) is 4.98 Å². The molecule has 31 heavy (non-hydrogen) atoms. The van der Waals surface area contributed by atoms with Crippen molar-refractivity contribution < 1.29 is 9.32 Å². The fourth-order valence-electron chi connectivity index (χ4n) is 3.39. The van der Waals surface area contributed by atoms with Gasteiger partial charge < -0.3 is 14.8 Å². The van der Waals surface area contributed by atoms with Crippen LogP contribution >= 0.6 is 11.8 Å². The Kier molecular flexibility index (Phi) is 6.08. The van der Waals surface area contributed by atoms with E-state index in [4.69, 9.17) is 4.52 Å². The summed E-state index contributed by atoms with van der Waals surface area (Å²) in [6.45, 7) is 8.19. The number of aromatic nitrogens is 4. The molecule has 0 saturated carbocycles. The second kappa shape index (κ2) is 8.93. The topological polar surface area (TPSA) is 96.7 Å². The molecule has 0 spiro atoms. The zero-order chi connectivity index (χ0) is 22.0. The molecule has 0 aliphatic heterocycles. The maximum Gasteiger partial charge on any atom is 0.227 e. The number of nitrogens with one attached hydrogen (secondary N) is 2. The molecule has 8 heteroatoms. The molecule has 1 amide bonds. The highest BCUT2D eigenvalue weighted by molar-refractivity contribution is 7.98. The molecule has 2 heterocycles. The van der Waals surface area contributed by atoms with Crippen LogP contribution in [0.2, 0.25) is 0 Å². The van der Waals surface area contributed by atoms with Gasteiger partial charge in [0.1, 0.15) is 0 Å². The molecule has 0 saturated heterocycles. The van der Waals surface area contributed by atoms with E-state index in [1.165, 1.54) is 22.9 Å². The normalized spacial score (nSPS) is 11.2. The van der Waals surface area contributed by atoms with Gasteiger partial charge in [0.25, 0.3) is 0 Å². The number of fused-ring (bicyclic) bond motifs is 1. The first-order valence-corrected chi connectivity index (χ1v) is 11.1. The zero-order valence-corrected chi connectivity index (χ0v) is 18.9. The number of carbonyl (C=O) groups excluding carboxylic acids is 1. The first kappa shape index (κ1) is 21.1. The number of aromatic amines is 1. The van der Waals surface area contributed by atoms with Crippen LogP contribution in [0.15, 0.2) is 40.0 Å². The monoisotopic (exact) mass is 435 g/mol. The van der Waals surface area contributed by atoms with Gasteiger partial charge in [-0.1, -0.05) is 23.0 Å². The highest BCUT2D eigenvalue weighted by Gasteiger charge is 2.12.